The molecular weight excluding hydrogens is 314 g/mol. The Kier molecular flexibility index (Phi) is 8.38. The first-order valence-corrected chi connectivity index (χ1v) is 8.20. The van der Waals surface area contributed by atoms with Crippen LogP contribution >= 0.6 is 15.9 Å². The third kappa shape index (κ3) is 6.84. The molecule has 0 radical (unpaired) electrons. The lowest BCUT2D eigenvalue weighted by Crippen LogP contribution is -2.34. The third-order valence-electron chi connectivity index (χ3n) is 3.44. The summed E-state index contributed by atoms with van der Waals surface area (Å²) in [6.07, 6.45) is 2.20. The molecule has 0 aliphatic carbocycles. The molecule has 114 valence electrons. The van der Waals surface area contributed by atoms with Crippen molar-refractivity contribution in [3.8, 4) is 0 Å². The highest BCUT2D eigenvalue weighted by atomic mass is 79.9. The fraction of sp³-hybridized carbons (Fsp3) is 0.625. The fourth-order valence-electron chi connectivity index (χ4n) is 2.22. The molecule has 0 saturated heterocycles. The largest absolute Gasteiger partial charge is 0.324 e. The summed E-state index contributed by atoms with van der Waals surface area (Å²) in [4.78, 5) is 4.74. The van der Waals surface area contributed by atoms with Crippen molar-refractivity contribution in [2.45, 2.75) is 25.8 Å². The molecule has 20 heavy (non-hydrogen) atoms. The SMILES string of the molecule is CCCN(CCC(N)c1cccc(Br)c1)CCN(C)C. The molecular formula is C16H28BrN3. The van der Waals surface area contributed by atoms with E-state index >= 15 is 0 Å². The molecule has 0 spiro atoms. The minimum absolute atomic E-state index is 0.117. The molecule has 0 aliphatic heterocycles. The van der Waals surface area contributed by atoms with Crippen LogP contribution in [0.3, 0.4) is 0 Å². The lowest BCUT2D eigenvalue weighted by atomic mass is 10.0. The van der Waals surface area contributed by atoms with Gasteiger partial charge in [0, 0.05) is 23.6 Å². The van der Waals surface area contributed by atoms with Crippen LogP contribution in [0, 0.1) is 0 Å². The van der Waals surface area contributed by atoms with Gasteiger partial charge in [-0.05, 0) is 57.7 Å². The monoisotopic (exact) mass is 341 g/mol. The van der Waals surface area contributed by atoms with E-state index in [-0.39, 0.29) is 6.04 Å². The first kappa shape index (κ1) is 17.6. The number of benzene rings is 1. The van der Waals surface area contributed by atoms with E-state index in [4.69, 9.17) is 5.73 Å². The van der Waals surface area contributed by atoms with Crippen LogP contribution in [0.25, 0.3) is 0 Å². The molecule has 0 amide bonds. The zero-order chi connectivity index (χ0) is 15.0. The van der Waals surface area contributed by atoms with Crippen molar-refractivity contribution in [1.82, 2.24) is 9.80 Å². The van der Waals surface area contributed by atoms with Gasteiger partial charge in [0.25, 0.3) is 0 Å². The van der Waals surface area contributed by atoms with Crippen LogP contribution < -0.4 is 5.73 Å². The minimum Gasteiger partial charge on any atom is -0.324 e. The fourth-order valence-corrected chi connectivity index (χ4v) is 2.64. The number of likely N-dealkylation sites (N-methyl/N-ethyl adjacent to an activating group) is 1. The summed E-state index contributed by atoms with van der Waals surface area (Å²) in [5.74, 6) is 0. The maximum Gasteiger partial charge on any atom is 0.0307 e. The Balaban J connectivity index is 2.45. The standard InChI is InChI=1S/C16H28BrN3/c1-4-9-20(12-11-19(2)3)10-8-16(18)14-6-5-7-15(17)13-14/h5-7,13,16H,4,8-12,18H2,1-3H3. The lowest BCUT2D eigenvalue weighted by Gasteiger charge is -2.25. The van der Waals surface area contributed by atoms with Gasteiger partial charge in [-0.25, -0.2) is 0 Å². The Morgan fingerprint density at radius 1 is 1.15 bits per heavy atom. The maximum atomic E-state index is 6.31. The zero-order valence-electron chi connectivity index (χ0n) is 13.0. The molecule has 0 aliphatic rings. The van der Waals surface area contributed by atoms with Crippen LogP contribution in [0.5, 0.6) is 0 Å². The number of hydrogen-bond donors (Lipinski definition) is 1. The van der Waals surface area contributed by atoms with Crippen LogP contribution in [-0.2, 0) is 0 Å². The van der Waals surface area contributed by atoms with Gasteiger partial charge in [-0.2, -0.15) is 0 Å². The van der Waals surface area contributed by atoms with Crippen molar-refractivity contribution in [3.63, 3.8) is 0 Å². The molecule has 1 rings (SSSR count). The summed E-state index contributed by atoms with van der Waals surface area (Å²) < 4.78 is 1.10. The van der Waals surface area contributed by atoms with Crippen molar-refractivity contribution in [1.29, 1.82) is 0 Å². The normalized spacial score (nSPS) is 13.2. The number of hydrogen-bond acceptors (Lipinski definition) is 3. The second kappa shape index (κ2) is 9.50. The third-order valence-corrected chi connectivity index (χ3v) is 3.93. The minimum atomic E-state index is 0.117. The molecule has 1 aromatic rings. The Labute approximate surface area is 132 Å². The number of nitrogens with two attached hydrogens (primary N) is 1. The van der Waals surface area contributed by atoms with E-state index in [1.807, 2.05) is 6.07 Å². The summed E-state index contributed by atoms with van der Waals surface area (Å²) in [7, 11) is 4.24. The van der Waals surface area contributed by atoms with E-state index in [9.17, 15) is 0 Å². The van der Waals surface area contributed by atoms with Gasteiger partial charge in [0.15, 0.2) is 0 Å². The predicted octanol–water partition coefficient (Wildman–Crippen LogP) is 3.11. The second-order valence-corrected chi connectivity index (χ2v) is 6.51. The molecule has 1 unspecified atom stereocenters. The molecule has 0 bridgehead atoms. The smallest absolute Gasteiger partial charge is 0.0307 e. The molecule has 3 nitrogen and oxygen atoms in total. The topological polar surface area (TPSA) is 32.5 Å². The van der Waals surface area contributed by atoms with Gasteiger partial charge < -0.3 is 15.5 Å². The molecule has 0 heterocycles. The van der Waals surface area contributed by atoms with E-state index in [2.05, 4.69) is 64.9 Å². The Bertz CT molecular complexity index is 382. The van der Waals surface area contributed by atoms with Crippen molar-refractivity contribution in [2.75, 3.05) is 40.3 Å². The van der Waals surface area contributed by atoms with Crippen molar-refractivity contribution >= 4 is 15.9 Å². The number of rotatable bonds is 9. The van der Waals surface area contributed by atoms with Crippen molar-refractivity contribution < 1.29 is 0 Å². The van der Waals surface area contributed by atoms with Gasteiger partial charge in [0.05, 0.1) is 0 Å². The molecule has 0 aromatic heterocycles. The van der Waals surface area contributed by atoms with Crippen LogP contribution in [0.2, 0.25) is 0 Å². The average Bonchev–Trinajstić information content (AvgIpc) is 2.41. The molecule has 1 atom stereocenters. The van der Waals surface area contributed by atoms with Gasteiger partial charge in [-0.15, -0.1) is 0 Å². The Hall–Kier alpha value is -0.420. The van der Waals surface area contributed by atoms with E-state index in [0.717, 1.165) is 37.1 Å². The quantitative estimate of drug-likeness (QED) is 0.748. The average molecular weight is 342 g/mol. The van der Waals surface area contributed by atoms with Gasteiger partial charge in [-0.3, -0.25) is 0 Å². The van der Waals surface area contributed by atoms with Crippen LogP contribution in [0.15, 0.2) is 28.7 Å². The van der Waals surface area contributed by atoms with Gasteiger partial charge in [0.2, 0.25) is 0 Å². The molecule has 0 saturated carbocycles. The highest BCUT2D eigenvalue weighted by Crippen LogP contribution is 2.19. The second-order valence-electron chi connectivity index (χ2n) is 5.60. The Morgan fingerprint density at radius 3 is 2.50 bits per heavy atom. The van der Waals surface area contributed by atoms with Gasteiger partial charge in [0.1, 0.15) is 0 Å². The maximum absolute atomic E-state index is 6.31. The highest BCUT2D eigenvalue weighted by Gasteiger charge is 2.10. The lowest BCUT2D eigenvalue weighted by molar-refractivity contribution is 0.234. The first-order chi connectivity index (χ1) is 9.52. The van der Waals surface area contributed by atoms with Crippen molar-refractivity contribution in [3.05, 3.63) is 34.3 Å². The summed E-state index contributed by atoms with van der Waals surface area (Å²) in [6, 6.07) is 8.44. The molecule has 1 aromatic carbocycles. The van der Waals surface area contributed by atoms with E-state index in [1.165, 1.54) is 12.0 Å². The van der Waals surface area contributed by atoms with E-state index in [0.29, 0.717) is 0 Å². The first-order valence-electron chi connectivity index (χ1n) is 7.41. The molecule has 2 N–H and O–H groups in total. The van der Waals surface area contributed by atoms with Gasteiger partial charge >= 0.3 is 0 Å². The highest BCUT2D eigenvalue weighted by molar-refractivity contribution is 9.10. The van der Waals surface area contributed by atoms with Crippen LogP contribution in [0.1, 0.15) is 31.4 Å². The van der Waals surface area contributed by atoms with E-state index in [1.54, 1.807) is 0 Å². The van der Waals surface area contributed by atoms with Crippen LogP contribution in [0.4, 0.5) is 0 Å². The van der Waals surface area contributed by atoms with E-state index < -0.39 is 0 Å². The Morgan fingerprint density at radius 2 is 1.90 bits per heavy atom. The van der Waals surface area contributed by atoms with Crippen molar-refractivity contribution in [2.24, 2.45) is 5.73 Å². The molecule has 4 heteroatoms. The number of halogens is 1. The number of nitrogens with zero attached hydrogens (tertiary/aromatic N) is 2. The summed E-state index contributed by atoms with van der Waals surface area (Å²) in [5.41, 5.74) is 7.52. The summed E-state index contributed by atoms with van der Waals surface area (Å²) in [5, 5.41) is 0. The summed E-state index contributed by atoms with van der Waals surface area (Å²) in [6.45, 7) is 6.67. The molecule has 0 fully saturated rings. The summed E-state index contributed by atoms with van der Waals surface area (Å²) >= 11 is 3.50. The van der Waals surface area contributed by atoms with Gasteiger partial charge in [-0.1, -0.05) is 35.0 Å². The predicted molar refractivity (Wildman–Crippen MR) is 91.0 cm³/mol. The zero-order valence-corrected chi connectivity index (χ0v) is 14.6. The van der Waals surface area contributed by atoms with Crippen LogP contribution in [-0.4, -0.2) is 50.1 Å².